The van der Waals surface area contributed by atoms with Gasteiger partial charge in [0.25, 0.3) is 0 Å². The molecule has 5 nitrogen and oxygen atoms in total. The van der Waals surface area contributed by atoms with E-state index in [4.69, 9.17) is 14.2 Å². The number of pyridine rings is 1. The number of rotatable bonds is 9. The second kappa shape index (κ2) is 11.1. The molecule has 2 atom stereocenters. The molecule has 1 heterocycles. The van der Waals surface area contributed by atoms with Gasteiger partial charge in [0.2, 0.25) is 0 Å². The van der Waals surface area contributed by atoms with Gasteiger partial charge in [-0.15, -0.1) is 0 Å². The van der Waals surface area contributed by atoms with Crippen LogP contribution in [0.5, 0.6) is 17.2 Å². The fourth-order valence-electron chi connectivity index (χ4n) is 2.63. The molecule has 2 aromatic carbocycles. The highest BCUT2D eigenvalue weighted by Gasteiger charge is 2.27. The summed E-state index contributed by atoms with van der Waals surface area (Å²) in [5.41, 5.74) is 1.62. The minimum absolute atomic E-state index is 0.314. The highest BCUT2D eigenvalue weighted by atomic mass is 79.9. The third kappa shape index (κ3) is 6.06. The van der Waals surface area contributed by atoms with Crippen molar-refractivity contribution in [3.05, 3.63) is 84.2 Å². The fraction of sp³-hybridized carbons (Fsp3) is 0.217. The molecule has 0 spiro atoms. The molecular weight excluding hydrogens is 514 g/mol. The van der Waals surface area contributed by atoms with Crippen LogP contribution in [0.1, 0.15) is 23.0 Å². The molecular formula is C23H21Br2NO4. The Labute approximate surface area is 192 Å². The van der Waals surface area contributed by atoms with Crippen LogP contribution in [-0.2, 0) is 16.1 Å². The average Bonchev–Trinajstić information content (AvgIpc) is 2.79. The van der Waals surface area contributed by atoms with Crippen LogP contribution in [0.15, 0.2) is 72.9 Å². The molecule has 0 fully saturated rings. The van der Waals surface area contributed by atoms with Gasteiger partial charge >= 0.3 is 5.97 Å². The van der Waals surface area contributed by atoms with Gasteiger partial charge in [-0.25, -0.2) is 0 Å². The summed E-state index contributed by atoms with van der Waals surface area (Å²) in [7, 11) is 0. The number of esters is 1. The molecule has 7 heteroatoms. The van der Waals surface area contributed by atoms with Crippen LogP contribution in [0.25, 0.3) is 0 Å². The van der Waals surface area contributed by atoms with Crippen molar-refractivity contribution in [1.82, 2.24) is 4.98 Å². The lowest BCUT2D eigenvalue weighted by Gasteiger charge is -2.16. The maximum absolute atomic E-state index is 11.9. The largest absolute Gasteiger partial charge is 0.487 e. The van der Waals surface area contributed by atoms with Crippen molar-refractivity contribution in [3.63, 3.8) is 0 Å². The maximum Gasteiger partial charge on any atom is 0.321 e. The van der Waals surface area contributed by atoms with Crippen LogP contribution in [-0.4, -0.2) is 22.4 Å². The number of para-hydroxylation sites is 2. The zero-order valence-corrected chi connectivity index (χ0v) is 19.5. The number of benzene rings is 2. The number of aromatic nitrogens is 1. The first-order valence-corrected chi connectivity index (χ1v) is 11.3. The Bertz CT molecular complexity index is 951. The van der Waals surface area contributed by atoms with E-state index in [9.17, 15) is 4.79 Å². The predicted molar refractivity (Wildman–Crippen MR) is 123 cm³/mol. The Morgan fingerprint density at radius 2 is 1.70 bits per heavy atom. The Morgan fingerprint density at radius 3 is 2.40 bits per heavy atom. The van der Waals surface area contributed by atoms with Gasteiger partial charge in [-0.2, -0.15) is 0 Å². The second-order valence-corrected chi connectivity index (χ2v) is 8.26. The number of hydrogen-bond donors (Lipinski definition) is 0. The summed E-state index contributed by atoms with van der Waals surface area (Å²) in [6.07, 6.45) is 1.63. The van der Waals surface area contributed by atoms with Crippen LogP contribution in [0, 0.1) is 0 Å². The van der Waals surface area contributed by atoms with E-state index in [1.807, 2.05) is 66.7 Å². The molecule has 3 rings (SSSR count). The van der Waals surface area contributed by atoms with E-state index < -0.39 is 4.83 Å². The van der Waals surface area contributed by atoms with Gasteiger partial charge in [0.1, 0.15) is 28.7 Å². The molecule has 0 aliphatic carbocycles. The first-order chi connectivity index (χ1) is 14.6. The Balaban J connectivity index is 1.62. The Kier molecular flexibility index (Phi) is 8.28. The highest BCUT2D eigenvalue weighted by Crippen LogP contribution is 2.32. The molecule has 0 radical (unpaired) electrons. The van der Waals surface area contributed by atoms with Gasteiger partial charge in [-0.05, 0) is 37.3 Å². The van der Waals surface area contributed by atoms with Crippen molar-refractivity contribution >= 4 is 37.8 Å². The third-order valence-corrected chi connectivity index (χ3v) is 6.76. The minimum Gasteiger partial charge on any atom is -0.487 e. The first kappa shape index (κ1) is 22.3. The fourth-order valence-corrected chi connectivity index (χ4v) is 3.52. The lowest BCUT2D eigenvalue weighted by Crippen LogP contribution is -2.22. The second-order valence-electron chi connectivity index (χ2n) is 6.29. The predicted octanol–water partition coefficient (Wildman–Crippen LogP) is 6.22. The SMILES string of the molecule is CCOC(=O)C(Br)C(Br)c1ccc(OCc2ccccc2Oc2ccccc2)cn1. The summed E-state index contributed by atoms with van der Waals surface area (Å²) in [6, 6.07) is 21.0. The Hall–Kier alpha value is -2.38. The third-order valence-electron chi connectivity index (χ3n) is 4.15. The average molecular weight is 535 g/mol. The van der Waals surface area contributed by atoms with E-state index in [-0.39, 0.29) is 10.8 Å². The summed E-state index contributed by atoms with van der Waals surface area (Å²) in [4.78, 5) is 15.4. The summed E-state index contributed by atoms with van der Waals surface area (Å²) in [6.45, 7) is 2.44. The Morgan fingerprint density at radius 1 is 0.967 bits per heavy atom. The zero-order chi connectivity index (χ0) is 21.3. The zero-order valence-electron chi connectivity index (χ0n) is 16.3. The molecule has 30 heavy (non-hydrogen) atoms. The van der Waals surface area contributed by atoms with Crippen LogP contribution in [0.3, 0.4) is 0 Å². The lowest BCUT2D eigenvalue weighted by molar-refractivity contribution is -0.142. The molecule has 0 amide bonds. The molecule has 0 N–H and O–H groups in total. The van der Waals surface area contributed by atoms with Crippen molar-refractivity contribution in [1.29, 1.82) is 0 Å². The van der Waals surface area contributed by atoms with Gasteiger partial charge < -0.3 is 14.2 Å². The van der Waals surface area contributed by atoms with E-state index in [1.54, 1.807) is 13.1 Å². The quantitative estimate of drug-likeness (QED) is 0.241. The van der Waals surface area contributed by atoms with E-state index in [1.165, 1.54) is 0 Å². The first-order valence-electron chi connectivity index (χ1n) is 9.42. The maximum atomic E-state index is 11.9. The normalized spacial score (nSPS) is 12.6. The van der Waals surface area contributed by atoms with Crippen molar-refractivity contribution < 1.29 is 19.0 Å². The lowest BCUT2D eigenvalue weighted by atomic mass is 10.2. The topological polar surface area (TPSA) is 57.7 Å². The molecule has 3 aromatic rings. The highest BCUT2D eigenvalue weighted by molar-refractivity contribution is 9.12. The number of halogens is 2. The van der Waals surface area contributed by atoms with Gasteiger partial charge in [0, 0.05) is 5.56 Å². The van der Waals surface area contributed by atoms with Gasteiger partial charge in [-0.3, -0.25) is 9.78 Å². The van der Waals surface area contributed by atoms with Crippen molar-refractivity contribution in [2.24, 2.45) is 0 Å². The number of carbonyl (C=O) groups is 1. The number of ether oxygens (including phenoxy) is 3. The van der Waals surface area contributed by atoms with Crippen LogP contribution < -0.4 is 9.47 Å². The molecule has 1 aromatic heterocycles. The molecule has 156 valence electrons. The van der Waals surface area contributed by atoms with Crippen LogP contribution in [0.4, 0.5) is 0 Å². The van der Waals surface area contributed by atoms with E-state index in [0.29, 0.717) is 24.7 Å². The van der Waals surface area contributed by atoms with Gasteiger partial charge in [-0.1, -0.05) is 68.3 Å². The smallest absolute Gasteiger partial charge is 0.321 e. The molecule has 0 aliphatic heterocycles. The molecule has 0 bridgehead atoms. The number of alkyl halides is 2. The van der Waals surface area contributed by atoms with Gasteiger partial charge in [0.05, 0.1) is 23.3 Å². The van der Waals surface area contributed by atoms with Crippen molar-refractivity contribution in [2.75, 3.05) is 6.61 Å². The minimum atomic E-state index is -0.529. The number of carbonyl (C=O) groups excluding carboxylic acids is 1. The molecule has 0 aliphatic rings. The molecule has 0 saturated carbocycles. The summed E-state index contributed by atoms with van der Waals surface area (Å²) >= 11 is 6.85. The van der Waals surface area contributed by atoms with Crippen LogP contribution in [0.2, 0.25) is 0 Å². The molecule has 2 unspecified atom stereocenters. The van der Waals surface area contributed by atoms with E-state index >= 15 is 0 Å². The van der Waals surface area contributed by atoms with Crippen molar-refractivity contribution in [2.45, 2.75) is 23.2 Å². The number of hydrogen-bond acceptors (Lipinski definition) is 5. The number of nitrogens with zero attached hydrogens (tertiary/aromatic N) is 1. The van der Waals surface area contributed by atoms with Crippen molar-refractivity contribution in [3.8, 4) is 17.2 Å². The van der Waals surface area contributed by atoms with E-state index in [0.717, 1.165) is 17.1 Å². The van der Waals surface area contributed by atoms with Crippen LogP contribution >= 0.6 is 31.9 Å². The summed E-state index contributed by atoms with van der Waals surface area (Å²) in [5, 5.41) is 0. The van der Waals surface area contributed by atoms with Gasteiger partial charge in [0.15, 0.2) is 0 Å². The van der Waals surface area contributed by atoms with E-state index in [2.05, 4.69) is 36.8 Å². The summed E-state index contributed by atoms with van der Waals surface area (Å²) in [5.74, 6) is 1.79. The standard InChI is InChI=1S/C23H21Br2NO4/c1-2-28-23(27)22(25)21(24)19-13-12-18(14-26-19)29-15-16-8-6-7-11-20(16)30-17-9-4-3-5-10-17/h3-14,21-22H,2,15H2,1H3. The monoisotopic (exact) mass is 533 g/mol. The summed E-state index contributed by atoms with van der Waals surface area (Å²) < 4.78 is 16.9. The molecule has 0 saturated heterocycles.